The average molecular weight is 599 g/mol. The van der Waals surface area contributed by atoms with E-state index in [4.69, 9.17) is 9.47 Å². The lowest BCUT2D eigenvalue weighted by molar-refractivity contribution is -0.160. The number of hydrogen-bond acceptors (Lipinski definition) is 6. The van der Waals surface area contributed by atoms with Crippen molar-refractivity contribution in [2.75, 3.05) is 14.1 Å². The standard InChI is InChI=1S/C37H62N2O4/c1-33(2)23-21-29(36(7,8)38(33)11)31(40)42-27-17-13-25(14-18-27)35(5,6)26-15-19-28(20-16-26)43-32(41)30-22-24-34(3,4)39(12)37(30,9)10/h21-30H,13-20H2,1-12H3. The van der Waals surface area contributed by atoms with Gasteiger partial charge in [0, 0.05) is 22.2 Å². The fraction of sp³-hybridized carbons (Fsp3) is 0.838. The van der Waals surface area contributed by atoms with Crippen LogP contribution in [0, 0.1) is 29.1 Å². The Labute approximate surface area is 263 Å². The first-order chi connectivity index (χ1) is 19.7. The van der Waals surface area contributed by atoms with Crippen molar-refractivity contribution < 1.29 is 19.1 Å². The lowest BCUT2D eigenvalue weighted by Crippen LogP contribution is -2.60. The van der Waals surface area contributed by atoms with E-state index in [1.165, 1.54) is 0 Å². The molecule has 0 bridgehead atoms. The highest BCUT2D eigenvalue weighted by Crippen LogP contribution is 2.49. The van der Waals surface area contributed by atoms with E-state index < -0.39 is 0 Å². The van der Waals surface area contributed by atoms with Crippen molar-refractivity contribution in [2.45, 2.75) is 155 Å². The minimum atomic E-state index is -0.293. The third kappa shape index (κ3) is 6.66. The second-order valence-corrected chi connectivity index (χ2v) is 17.0. The van der Waals surface area contributed by atoms with Gasteiger partial charge in [0.2, 0.25) is 0 Å². The number of likely N-dealkylation sites (N-methyl/N-ethyl adjacent to an activating group) is 2. The van der Waals surface area contributed by atoms with Crippen LogP contribution in [0.3, 0.4) is 0 Å². The van der Waals surface area contributed by atoms with Crippen LogP contribution in [0.15, 0.2) is 24.3 Å². The molecule has 2 fully saturated rings. The summed E-state index contributed by atoms with van der Waals surface area (Å²) in [7, 11) is 4.20. The molecule has 244 valence electrons. The SMILES string of the molecule is CN1C(C)(C)C=CC(C(=O)OC2CCC(C(C)(C)C3CCC(OC(=O)C4C=CC(C)(C)N(C)C4(C)C)CC3)CC2)C1(C)C. The van der Waals surface area contributed by atoms with E-state index in [0.29, 0.717) is 11.8 Å². The van der Waals surface area contributed by atoms with Crippen molar-refractivity contribution in [1.82, 2.24) is 9.80 Å². The molecule has 4 aliphatic rings. The first-order valence-electron chi connectivity index (χ1n) is 17.0. The molecule has 4 rings (SSSR count). The number of rotatable bonds is 6. The quantitative estimate of drug-likeness (QED) is 0.232. The molecule has 2 aliphatic carbocycles. The summed E-state index contributed by atoms with van der Waals surface area (Å²) in [5.41, 5.74) is -0.531. The summed E-state index contributed by atoms with van der Waals surface area (Å²) in [5, 5.41) is 0. The fourth-order valence-corrected chi connectivity index (χ4v) is 8.65. The second-order valence-electron chi connectivity index (χ2n) is 17.0. The molecule has 2 heterocycles. The molecule has 0 saturated heterocycles. The van der Waals surface area contributed by atoms with Gasteiger partial charge in [0.05, 0.1) is 11.8 Å². The number of hydrogen-bond donors (Lipinski definition) is 0. The Balaban J connectivity index is 1.26. The Hall–Kier alpha value is -1.66. The summed E-state index contributed by atoms with van der Waals surface area (Å²) < 4.78 is 12.3. The maximum atomic E-state index is 13.3. The molecule has 6 heteroatoms. The fourth-order valence-electron chi connectivity index (χ4n) is 8.65. The smallest absolute Gasteiger partial charge is 0.314 e. The zero-order valence-electron chi connectivity index (χ0n) is 29.5. The van der Waals surface area contributed by atoms with Gasteiger partial charge in [0.15, 0.2) is 0 Å². The van der Waals surface area contributed by atoms with E-state index >= 15 is 0 Å². The summed E-state index contributed by atoms with van der Waals surface area (Å²) in [5.74, 6) is 0.574. The van der Waals surface area contributed by atoms with Crippen LogP contribution in [0.1, 0.15) is 121 Å². The van der Waals surface area contributed by atoms with E-state index in [2.05, 4.69) is 117 Å². The lowest BCUT2D eigenvalue weighted by Gasteiger charge is -2.51. The minimum absolute atomic E-state index is 0.0156. The number of ether oxygens (including phenoxy) is 2. The number of nitrogens with zero attached hydrogens (tertiary/aromatic N) is 2. The zero-order chi connectivity index (χ0) is 32.2. The highest BCUT2D eigenvalue weighted by molar-refractivity contribution is 5.77. The van der Waals surface area contributed by atoms with Crippen molar-refractivity contribution >= 4 is 11.9 Å². The molecule has 43 heavy (non-hydrogen) atoms. The monoisotopic (exact) mass is 598 g/mol. The Kier molecular flexibility index (Phi) is 9.49. The van der Waals surface area contributed by atoms with Gasteiger partial charge in [-0.1, -0.05) is 38.2 Å². The van der Waals surface area contributed by atoms with Gasteiger partial charge in [-0.3, -0.25) is 19.4 Å². The van der Waals surface area contributed by atoms with Gasteiger partial charge in [-0.15, -0.1) is 0 Å². The van der Waals surface area contributed by atoms with Crippen molar-refractivity contribution in [1.29, 1.82) is 0 Å². The Morgan fingerprint density at radius 2 is 0.907 bits per heavy atom. The van der Waals surface area contributed by atoms with Gasteiger partial charge in [0.1, 0.15) is 12.2 Å². The Morgan fingerprint density at radius 1 is 0.605 bits per heavy atom. The molecule has 0 radical (unpaired) electrons. The molecular weight excluding hydrogens is 536 g/mol. The Bertz CT molecular complexity index is 1000. The van der Waals surface area contributed by atoms with Crippen LogP contribution in [0.5, 0.6) is 0 Å². The maximum Gasteiger partial charge on any atom is 0.314 e. The van der Waals surface area contributed by atoms with Crippen LogP contribution in [0.4, 0.5) is 0 Å². The second kappa shape index (κ2) is 11.9. The number of carbonyl (C=O) groups excluding carboxylic acids is 2. The maximum absolute atomic E-state index is 13.3. The van der Waals surface area contributed by atoms with Crippen LogP contribution < -0.4 is 0 Å². The molecule has 2 aliphatic heterocycles. The molecule has 0 spiro atoms. The lowest BCUT2D eigenvalue weighted by atomic mass is 9.60. The third-order valence-corrected chi connectivity index (χ3v) is 12.9. The molecule has 0 N–H and O–H groups in total. The molecular formula is C37H62N2O4. The molecule has 0 amide bonds. The number of carbonyl (C=O) groups is 2. The van der Waals surface area contributed by atoms with Gasteiger partial charge in [0.25, 0.3) is 0 Å². The van der Waals surface area contributed by atoms with Crippen LogP contribution in [0.25, 0.3) is 0 Å². The molecule has 2 saturated carbocycles. The topological polar surface area (TPSA) is 59.1 Å². The van der Waals surface area contributed by atoms with E-state index in [-0.39, 0.29) is 63.6 Å². The normalized spacial score (nSPS) is 35.7. The van der Waals surface area contributed by atoms with E-state index in [9.17, 15) is 9.59 Å². The molecule has 2 atom stereocenters. The molecule has 6 nitrogen and oxygen atoms in total. The van der Waals surface area contributed by atoms with Gasteiger partial charge in [-0.05, 0) is 138 Å². The first kappa shape index (κ1) is 34.2. The van der Waals surface area contributed by atoms with Gasteiger partial charge in [-0.25, -0.2) is 0 Å². The van der Waals surface area contributed by atoms with Crippen molar-refractivity contribution in [3.05, 3.63) is 24.3 Å². The van der Waals surface area contributed by atoms with Crippen molar-refractivity contribution in [3.63, 3.8) is 0 Å². The highest BCUT2D eigenvalue weighted by atomic mass is 16.5. The zero-order valence-corrected chi connectivity index (χ0v) is 29.5. The Morgan fingerprint density at radius 3 is 1.21 bits per heavy atom. The molecule has 0 aromatic rings. The van der Waals surface area contributed by atoms with Crippen LogP contribution in [0.2, 0.25) is 0 Å². The minimum Gasteiger partial charge on any atom is -0.462 e. The third-order valence-electron chi connectivity index (χ3n) is 12.9. The molecule has 2 unspecified atom stereocenters. The highest BCUT2D eigenvalue weighted by Gasteiger charge is 2.48. The van der Waals surface area contributed by atoms with E-state index in [1.54, 1.807) is 0 Å². The number of esters is 2. The van der Waals surface area contributed by atoms with Gasteiger partial charge >= 0.3 is 11.9 Å². The summed E-state index contributed by atoms with van der Waals surface area (Å²) in [6.07, 6.45) is 16.6. The summed E-state index contributed by atoms with van der Waals surface area (Å²) in [6.45, 7) is 22.2. The molecule has 0 aromatic carbocycles. The summed E-state index contributed by atoms with van der Waals surface area (Å²) in [4.78, 5) is 31.2. The average Bonchev–Trinajstić information content (AvgIpc) is 2.91. The summed E-state index contributed by atoms with van der Waals surface area (Å²) >= 11 is 0. The van der Waals surface area contributed by atoms with Crippen molar-refractivity contribution in [2.24, 2.45) is 29.1 Å². The van der Waals surface area contributed by atoms with Crippen molar-refractivity contribution in [3.8, 4) is 0 Å². The predicted octanol–water partition coefficient (Wildman–Crippen LogP) is 7.57. The summed E-state index contributed by atoms with van der Waals surface area (Å²) in [6, 6.07) is 0. The first-order valence-corrected chi connectivity index (χ1v) is 17.0. The van der Waals surface area contributed by atoms with Crippen LogP contribution >= 0.6 is 0 Å². The van der Waals surface area contributed by atoms with E-state index in [0.717, 1.165) is 51.4 Å². The van der Waals surface area contributed by atoms with Gasteiger partial charge < -0.3 is 9.47 Å². The van der Waals surface area contributed by atoms with Gasteiger partial charge in [-0.2, -0.15) is 0 Å². The van der Waals surface area contributed by atoms with Crippen LogP contribution in [-0.2, 0) is 19.1 Å². The largest absolute Gasteiger partial charge is 0.462 e. The van der Waals surface area contributed by atoms with Crippen LogP contribution in [-0.4, -0.2) is 70.2 Å². The molecule has 0 aromatic heterocycles. The van der Waals surface area contributed by atoms with E-state index in [1.807, 2.05) is 0 Å². The predicted molar refractivity (Wildman–Crippen MR) is 175 cm³/mol.